The van der Waals surface area contributed by atoms with Gasteiger partial charge in [0.25, 0.3) is 11.1 Å². The number of aryl methyl sites for hydroxylation is 1. The summed E-state index contributed by atoms with van der Waals surface area (Å²) in [4.78, 5) is 138. The maximum atomic E-state index is 14.3. The van der Waals surface area contributed by atoms with Gasteiger partial charge in [-0.3, -0.25) is 78.5 Å². The first-order valence-corrected chi connectivity index (χ1v) is 36.0. The molecule has 46 nitrogen and oxygen atoms in total. The zero-order valence-electron chi connectivity index (χ0n) is 49.3. The predicted molar refractivity (Wildman–Crippen MR) is 313 cm³/mol. The summed E-state index contributed by atoms with van der Waals surface area (Å²) >= 11 is 0. The van der Waals surface area contributed by atoms with Crippen molar-refractivity contribution in [1.29, 1.82) is 0 Å². The van der Waals surface area contributed by atoms with Crippen molar-refractivity contribution in [3.05, 3.63) is 74.6 Å². The molecule has 0 aliphatic carbocycles. The molecule has 15 N–H and O–H groups in total. The Kier molecular flexibility index (Phi) is 20.0. The van der Waals surface area contributed by atoms with Crippen molar-refractivity contribution < 1.29 is 122 Å². The third-order valence-electron chi connectivity index (χ3n) is 15.6. The lowest BCUT2D eigenvalue weighted by Gasteiger charge is -2.26. The lowest BCUT2D eigenvalue weighted by Crippen LogP contribution is -2.33. The monoisotopic (exact) mass is 1460 g/mol. The number of hydrogen-bond donors (Lipinski definition) is 12. The van der Waals surface area contributed by atoms with Gasteiger partial charge in [-0.05, 0) is 6.92 Å². The number of phosphoric ester groups is 5. The number of hydrogen-bond acceptors (Lipinski definition) is 34. The van der Waals surface area contributed by atoms with Crippen molar-refractivity contribution in [3.63, 3.8) is 0 Å². The molecule has 0 radical (unpaired) electrons. The molecule has 5 aliphatic rings. The molecule has 18 atom stereocenters. The highest BCUT2D eigenvalue weighted by atomic mass is 31.2. The van der Waals surface area contributed by atoms with E-state index in [0.717, 1.165) is 23.5 Å². The molecule has 524 valence electrons. The second-order valence-corrected chi connectivity index (χ2v) is 28.9. The lowest BCUT2D eigenvalue weighted by atomic mass is 10.2. The number of ether oxygens (including phenoxy) is 5. The van der Waals surface area contributed by atoms with Gasteiger partial charge >= 0.3 is 44.8 Å². The molecule has 12 heterocycles. The standard InChI is InChI=1S/C45H60N17O29P5/c1-19-8-59(45(66)58-42(19)64)30-4-20(63)25(84-30)9-80-94(72,73)89-22-5-31(60-16-53-34-37(46)49-14-51-39(34)60)86-28(22)12-82-96(76,77)91-24-7-33(62-18-55-36-41(62)56-44(48)57-43(36)65)87-29(24)13-83-95(74,75)90-23-6-32(61-17-54-35-38(47)50-15-52-40(35)61)85-27(23)11-81-93(70,71)88-21-2-3-78-26(21)10-79-92(67,68)69/h8,14-18,20-33,63H,2-7,9-13H2,1H3,(H,70,71)(H,72,73)(H,74,75)(H,76,77)(H2,46,49,51)(H2,47,50,52)(H,58,64,66)(H2,67,68,69)(H3,48,56,57,65)/t20-,21-,22-,23-,24-,25+,26+,27+,28+,29+,30+,31+,32+,33+/m0/s1. The van der Waals surface area contributed by atoms with Gasteiger partial charge in [-0.25, -0.2) is 62.5 Å². The third kappa shape index (κ3) is 15.8. The van der Waals surface area contributed by atoms with Gasteiger partial charge in [0.15, 0.2) is 34.1 Å². The highest BCUT2D eigenvalue weighted by Gasteiger charge is 2.50. The van der Waals surface area contributed by atoms with Crippen LogP contribution in [-0.4, -0.2) is 203 Å². The fourth-order valence-electron chi connectivity index (χ4n) is 11.1. The number of imidazole rings is 3. The van der Waals surface area contributed by atoms with Crippen LogP contribution in [0.15, 0.2) is 52.2 Å². The summed E-state index contributed by atoms with van der Waals surface area (Å²) in [6.45, 7) is -3.05. The number of aromatic nitrogens is 14. The second-order valence-electron chi connectivity index (χ2n) is 22.1. The topological polar surface area (TPSA) is 640 Å². The van der Waals surface area contributed by atoms with Crippen LogP contribution in [0.25, 0.3) is 33.5 Å². The molecule has 12 rings (SSSR count). The lowest BCUT2D eigenvalue weighted by molar-refractivity contribution is -0.0628. The fourth-order valence-corrected chi connectivity index (χ4v) is 15.3. The number of fused-ring (bicyclic) bond motifs is 3. The van der Waals surface area contributed by atoms with E-state index in [1.807, 2.05) is 0 Å². The van der Waals surface area contributed by atoms with E-state index in [-0.39, 0.29) is 88.9 Å². The van der Waals surface area contributed by atoms with Crippen LogP contribution >= 0.6 is 39.1 Å². The number of aliphatic hydroxyl groups is 1. The number of aromatic amines is 2. The minimum absolute atomic E-state index is 0.0222. The molecule has 5 saturated heterocycles. The van der Waals surface area contributed by atoms with Crippen molar-refractivity contribution in [3.8, 4) is 0 Å². The van der Waals surface area contributed by atoms with Gasteiger partial charge in [0, 0.05) is 50.5 Å². The van der Waals surface area contributed by atoms with Crippen molar-refractivity contribution in [2.75, 3.05) is 56.8 Å². The van der Waals surface area contributed by atoms with E-state index in [1.54, 1.807) is 0 Å². The van der Waals surface area contributed by atoms with Gasteiger partial charge in [-0.1, -0.05) is 0 Å². The molecule has 5 aliphatic heterocycles. The Bertz CT molecular complexity index is 4480. The fraction of sp³-hybridized carbons (Fsp3) is 0.578. The van der Waals surface area contributed by atoms with Gasteiger partial charge in [0.2, 0.25) is 5.95 Å². The first kappa shape index (κ1) is 69.7. The number of nitrogen functional groups attached to an aromatic ring is 3. The summed E-state index contributed by atoms with van der Waals surface area (Å²) < 4.78 is 150. The van der Waals surface area contributed by atoms with Crippen LogP contribution in [0.3, 0.4) is 0 Å². The molecular weight excluding hydrogens is 1400 g/mol. The minimum Gasteiger partial charge on any atom is -0.390 e. The van der Waals surface area contributed by atoms with E-state index in [2.05, 4.69) is 54.4 Å². The zero-order valence-corrected chi connectivity index (χ0v) is 53.7. The molecule has 51 heteroatoms. The molecule has 0 amide bonds. The zero-order chi connectivity index (χ0) is 68.4. The Morgan fingerprint density at radius 2 is 0.927 bits per heavy atom. The number of nitrogens with two attached hydrogens (primary N) is 3. The van der Waals surface area contributed by atoms with Crippen LogP contribution in [0, 0.1) is 6.92 Å². The van der Waals surface area contributed by atoms with E-state index in [4.69, 9.17) is 77.1 Å². The average Bonchev–Trinajstić information content (AvgIpc) is 1.64. The Morgan fingerprint density at radius 3 is 1.41 bits per heavy atom. The maximum Gasteiger partial charge on any atom is 0.472 e. The first-order valence-electron chi connectivity index (χ1n) is 28.5. The molecule has 96 heavy (non-hydrogen) atoms. The highest BCUT2D eigenvalue weighted by molar-refractivity contribution is 7.48. The van der Waals surface area contributed by atoms with Crippen LogP contribution in [0.4, 0.5) is 17.6 Å². The quantitative estimate of drug-likeness (QED) is 0.0270. The van der Waals surface area contributed by atoms with Gasteiger partial charge in [-0.2, -0.15) is 4.98 Å². The number of nitrogens with zero attached hydrogens (tertiary/aromatic N) is 12. The predicted octanol–water partition coefficient (Wildman–Crippen LogP) is -1.18. The van der Waals surface area contributed by atoms with Crippen molar-refractivity contribution >= 4 is 90.2 Å². The summed E-state index contributed by atoms with van der Waals surface area (Å²) in [6.07, 6.45) is -13.9. The van der Waals surface area contributed by atoms with Gasteiger partial charge in [0.1, 0.15) is 104 Å². The summed E-state index contributed by atoms with van der Waals surface area (Å²) in [5.41, 5.74) is 15.9. The number of rotatable bonds is 27. The van der Waals surface area contributed by atoms with Crippen LogP contribution in [0.2, 0.25) is 0 Å². The number of aliphatic hydroxyl groups excluding tert-OH is 1. The van der Waals surface area contributed by atoms with Crippen LogP contribution in [0.5, 0.6) is 0 Å². The van der Waals surface area contributed by atoms with Crippen molar-refractivity contribution in [2.24, 2.45) is 0 Å². The maximum absolute atomic E-state index is 14.3. The molecule has 7 aromatic rings. The number of phosphoric acid groups is 5. The van der Waals surface area contributed by atoms with Gasteiger partial charge in [-0.15, -0.1) is 0 Å². The van der Waals surface area contributed by atoms with Crippen molar-refractivity contribution in [1.82, 2.24) is 68.1 Å². The summed E-state index contributed by atoms with van der Waals surface area (Å²) in [5, 5.41) is 10.8. The molecule has 5 fully saturated rings. The number of anilines is 3. The minimum atomic E-state index is -5.48. The van der Waals surface area contributed by atoms with E-state index in [1.165, 1.54) is 39.5 Å². The highest BCUT2D eigenvalue weighted by Crippen LogP contribution is 2.55. The molecular formula is C45H60N17O29P5. The number of nitrogens with one attached hydrogen (secondary N) is 2. The summed E-state index contributed by atoms with van der Waals surface area (Å²) in [7, 11) is -26.3. The van der Waals surface area contributed by atoms with Crippen LogP contribution in [-0.2, 0) is 87.2 Å². The first-order chi connectivity index (χ1) is 45.3. The van der Waals surface area contributed by atoms with E-state index in [0.29, 0.717) is 0 Å². The summed E-state index contributed by atoms with van der Waals surface area (Å²) in [6, 6.07) is 0. The Labute approximate surface area is 534 Å². The van der Waals surface area contributed by atoms with E-state index in [9.17, 15) is 71.7 Å². The van der Waals surface area contributed by atoms with E-state index < -0.39 is 181 Å². The summed E-state index contributed by atoms with van der Waals surface area (Å²) in [5.74, 6) is -0.396. The Morgan fingerprint density at radius 1 is 0.510 bits per heavy atom. The van der Waals surface area contributed by atoms with Crippen LogP contribution < -0.4 is 34.0 Å². The molecule has 0 spiro atoms. The average molecular weight is 1460 g/mol. The van der Waals surface area contributed by atoms with Gasteiger partial charge in [0.05, 0.1) is 58.1 Å². The Hall–Kier alpha value is -6.16. The van der Waals surface area contributed by atoms with Crippen molar-refractivity contribution in [2.45, 2.75) is 125 Å². The largest absolute Gasteiger partial charge is 0.472 e. The number of H-pyrrole nitrogens is 2. The SMILES string of the molecule is Cc1cn([C@H]2C[C@H](O)[C@@H](COP(=O)(O)O[C@H]3C[C@H](n4cnc5c(N)ncnc54)O[C@@H]3COP(=O)(O)O[C@H]3C[C@H](n4cnc5c(=O)[nH]c(N)nc54)O[C@@H]3COP(=O)(O)O[C@H]3C[C@H](n4cnc5c(N)ncnc54)O[C@@H]3COP(=O)(O)O[C@H]3CCO[C@@H]3COP(=O)(O)O)O2)c(=O)[nH]c1=O. The smallest absolute Gasteiger partial charge is 0.390 e. The molecule has 7 aromatic heterocycles. The molecule has 0 saturated carbocycles. The molecule has 0 aromatic carbocycles. The third-order valence-corrected chi connectivity index (χ3v) is 20.1. The van der Waals surface area contributed by atoms with Crippen LogP contribution in [0.1, 0.15) is 62.6 Å². The second kappa shape index (κ2) is 27.5. The van der Waals surface area contributed by atoms with E-state index >= 15 is 0 Å². The van der Waals surface area contributed by atoms with Gasteiger partial charge < -0.3 is 75.4 Å². The normalized spacial score (nSPS) is 29.8. The molecule has 4 unspecified atom stereocenters. The molecule has 0 bridgehead atoms. The Balaban J connectivity index is 0.750.